The highest BCUT2D eigenvalue weighted by Gasteiger charge is 2.18. The largest absolute Gasteiger partial charge is 0.317 e. The van der Waals surface area contributed by atoms with E-state index in [0.29, 0.717) is 0 Å². The van der Waals surface area contributed by atoms with Gasteiger partial charge in [0.05, 0.1) is 0 Å². The van der Waals surface area contributed by atoms with Crippen molar-refractivity contribution >= 4 is 11.6 Å². The molecule has 2 aliphatic rings. The van der Waals surface area contributed by atoms with E-state index in [-0.39, 0.29) is 0 Å². The van der Waals surface area contributed by atoms with Crippen LogP contribution in [0.5, 0.6) is 0 Å². The second kappa shape index (κ2) is 4.30. The van der Waals surface area contributed by atoms with E-state index in [9.17, 15) is 0 Å². The molecule has 1 heterocycles. The lowest BCUT2D eigenvalue weighted by Gasteiger charge is -2.26. The van der Waals surface area contributed by atoms with Crippen molar-refractivity contribution in [2.24, 2.45) is 5.92 Å². The molecule has 0 saturated carbocycles. The lowest BCUT2D eigenvalue weighted by molar-refractivity contribution is 0.411. The minimum absolute atomic E-state index is 0.795. The summed E-state index contributed by atoms with van der Waals surface area (Å²) in [5.74, 6) is 0.795. The Hall–Kier alpha value is -0.270. The van der Waals surface area contributed by atoms with Crippen LogP contribution < -0.4 is 5.32 Å². The van der Waals surface area contributed by atoms with Crippen LogP contribution in [0.15, 0.2) is 22.8 Å². The number of halogens is 1. The summed E-state index contributed by atoms with van der Waals surface area (Å²) in [7, 11) is 0. The van der Waals surface area contributed by atoms with Crippen LogP contribution in [0.2, 0.25) is 0 Å². The third-order valence-corrected chi connectivity index (χ3v) is 3.22. The van der Waals surface area contributed by atoms with Crippen LogP contribution in [0, 0.1) is 5.92 Å². The quantitative estimate of drug-likeness (QED) is 0.682. The Labute approximate surface area is 84.9 Å². The third-order valence-electron chi connectivity index (χ3n) is 2.96. The van der Waals surface area contributed by atoms with Crippen molar-refractivity contribution in [3.63, 3.8) is 0 Å². The number of nitrogens with one attached hydrogen (secondary N) is 1. The Morgan fingerprint density at radius 3 is 2.77 bits per heavy atom. The number of piperidine rings is 1. The van der Waals surface area contributed by atoms with E-state index in [1.165, 1.54) is 32.4 Å². The summed E-state index contributed by atoms with van der Waals surface area (Å²) in [6, 6.07) is 0. The molecular weight excluding hydrogens is 182 g/mol. The van der Waals surface area contributed by atoms with Crippen LogP contribution in [-0.2, 0) is 0 Å². The zero-order chi connectivity index (χ0) is 9.10. The molecule has 1 nitrogen and oxygen atoms in total. The van der Waals surface area contributed by atoms with Crippen LogP contribution in [0.3, 0.4) is 0 Å². The standard InChI is InChI=1S/C11H16ClN/c12-11-3-1-2-10(8-11)9-4-6-13-7-5-9/h3,8-9,13H,1-2,4-7H2. The Bertz CT molecular complexity index is 236. The summed E-state index contributed by atoms with van der Waals surface area (Å²) in [5.41, 5.74) is 1.58. The molecule has 72 valence electrons. The molecule has 13 heavy (non-hydrogen) atoms. The maximum atomic E-state index is 6.00. The van der Waals surface area contributed by atoms with Gasteiger partial charge in [0.15, 0.2) is 0 Å². The minimum Gasteiger partial charge on any atom is -0.317 e. The van der Waals surface area contributed by atoms with Gasteiger partial charge in [0, 0.05) is 5.03 Å². The molecule has 0 aromatic carbocycles. The van der Waals surface area contributed by atoms with Gasteiger partial charge in [-0.05, 0) is 50.8 Å². The van der Waals surface area contributed by atoms with Crippen molar-refractivity contribution in [1.29, 1.82) is 0 Å². The van der Waals surface area contributed by atoms with Gasteiger partial charge in [0.2, 0.25) is 0 Å². The topological polar surface area (TPSA) is 12.0 Å². The van der Waals surface area contributed by atoms with E-state index in [0.717, 1.165) is 17.4 Å². The fourth-order valence-electron chi connectivity index (χ4n) is 2.20. The van der Waals surface area contributed by atoms with Gasteiger partial charge in [-0.3, -0.25) is 0 Å². The molecule has 0 amide bonds. The van der Waals surface area contributed by atoms with Gasteiger partial charge < -0.3 is 5.32 Å². The molecule has 1 fully saturated rings. The van der Waals surface area contributed by atoms with E-state index in [4.69, 9.17) is 11.6 Å². The highest BCUT2D eigenvalue weighted by atomic mass is 35.5. The Morgan fingerprint density at radius 1 is 1.31 bits per heavy atom. The molecule has 1 aliphatic carbocycles. The number of hydrogen-bond donors (Lipinski definition) is 1. The van der Waals surface area contributed by atoms with Crippen molar-refractivity contribution in [1.82, 2.24) is 5.32 Å². The molecule has 1 N–H and O–H groups in total. The van der Waals surface area contributed by atoms with Gasteiger partial charge in [-0.25, -0.2) is 0 Å². The number of hydrogen-bond acceptors (Lipinski definition) is 1. The van der Waals surface area contributed by atoms with E-state index < -0.39 is 0 Å². The third kappa shape index (κ3) is 2.35. The molecule has 0 bridgehead atoms. The predicted octanol–water partition coefficient (Wildman–Crippen LogP) is 2.83. The highest BCUT2D eigenvalue weighted by molar-refractivity contribution is 6.31. The smallest absolute Gasteiger partial charge is 0.0365 e. The number of allylic oxidation sites excluding steroid dienone is 4. The van der Waals surface area contributed by atoms with E-state index in [1.54, 1.807) is 5.57 Å². The SMILES string of the molecule is ClC1=CCCC(C2CCNCC2)=C1. The van der Waals surface area contributed by atoms with Gasteiger partial charge >= 0.3 is 0 Å². The first-order valence-corrected chi connectivity index (χ1v) is 5.51. The van der Waals surface area contributed by atoms with Crippen molar-refractivity contribution in [3.05, 3.63) is 22.8 Å². The Kier molecular flexibility index (Phi) is 3.07. The molecule has 0 radical (unpaired) electrons. The monoisotopic (exact) mass is 197 g/mol. The molecule has 0 aromatic rings. The predicted molar refractivity (Wildman–Crippen MR) is 56.8 cm³/mol. The van der Waals surface area contributed by atoms with Crippen LogP contribution in [0.4, 0.5) is 0 Å². The fourth-order valence-corrected chi connectivity index (χ4v) is 2.45. The van der Waals surface area contributed by atoms with Gasteiger partial charge in [0.1, 0.15) is 0 Å². The molecule has 0 spiro atoms. The van der Waals surface area contributed by atoms with Gasteiger partial charge in [-0.1, -0.05) is 23.3 Å². The molecule has 0 aromatic heterocycles. The van der Waals surface area contributed by atoms with Crippen LogP contribution in [-0.4, -0.2) is 13.1 Å². The first kappa shape index (κ1) is 9.29. The van der Waals surface area contributed by atoms with Crippen molar-refractivity contribution in [2.45, 2.75) is 25.7 Å². The summed E-state index contributed by atoms with van der Waals surface area (Å²) in [6.45, 7) is 2.34. The molecular formula is C11H16ClN. The Morgan fingerprint density at radius 2 is 2.08 bits per heavy atom. The van der Waals surface area contributed by atoms with E-state index >= 15 is 0 Å². The van der Waals surface area contributed by atoms with Crippen LogP contribution in [0.25, 0.3) is 0 Å². The normalized spacial score (nSPS) is 25.3. The first-order chi connectivity index (χ1) is 6.36. The lowest BCUT2D eigenvalue weighted by Crippen LogP contribution is -2.28. The first-order valence-electron chi connectivity index (χ1n) is 5.13. The minimum atomic E-state index is 0.795. The van der Waals surface area contributed by atoms with Crippen LogP contribution >= 0.6 is 11.6 Å². The van der Waals surface area contributed by atoms with Crippen LogP contribution in [0.1, 0.15) is 25.7 Å². The summed E-state index contributed by atoms with van der Waals surface area (Å²) in [6.07, 6.45) is 9.23. The summed E-state index contributed by atoms with van der Waals surface area (Å²) < 4.78 is 0. The average molecular weight is 198 g/mol. The molecule has 1 aliphatic heterocycles. The van der Waals surface area contributed by atoms with Crippen molar-refractivity contribution in [3.8, 4) is 0 Å². The van der Waals surface area contributed by atoms with E-state index in [2.05, 4.69) is 17.5 Å². The average Bonchev–Trinajstić information content (AvgIpc) is 2.19. The summed E-state index contributed by atoms with van der Waals surface area (Å²) in [4.78, 5) is 0. The molecule has 2 rings (SSSR count). The maximum absolute atomic E-state index is 6.00. The van der Waals surface area contributed by atoms with Crippen molar-refractivity contribution in [2.75, 3.05) is 13.1 Å². The second-order valence-electron chi connectivity index (χ2n) is 3.87. The van der Waals surface area contributed by atoms with E-state index in [1.807, 2.05) is 0 Å². The maximum Gasteiger partial charge on any atom is 0.0365 e. The van der Waals surface area contributed by atoms with Crippen molar-refractivity contribution < 1.29 is 0 Å². The second-order valence-corrected chi connectivity index (χ2v) is 4.31. The number of rotatable bonds is 1. The summed E-state index contributed by atoms with van der Waals surface area (Å²) >= 11 is 6.00. The zero-order valence-electron chi connectivity index (χ0n) is 7.85. The Balaban J connectivity index is 2.02. The lowest BCUT2D eigenvalue weighted by atomic mass is 9.85. The van der Waals surface area contributed by atoms with Gasteiger partial charge in [-0.15, -0.1) is 0 Å². The zero-order valence-corrected chi connectivity index (χ0v) is 8.61. The summed E-state index contributed by atoms with van der Waals surface area (Å²) in [5, 5.41) is 4.33. The molecule has 0 atom stereocenters. The molecule has 1 saturated heterocycles. The van der Waals surface area contributed by atoms with Gasteiger partial charge in [-0.2, -0.15) is 0 Å². The molecule has 0 unspecified atom stereocenters. The van der Waals surface area contributed by atoms with Gasteiger partial charge in [0.25, 0.3) is 0 Å². The fraction of sp³-hybridized carbons (Fsp3) is 0.636. The highest BCUT2D eigenvalue weighted by Crippen LogP contribution is 2.30. The molecule has 2 heteroatoms.